The molecule has 0 saturated carbocycles. The topological polar surface area (TPSA) is 80.7 Å². The first kappa shape index (κ1) is 16.6. The molecular formula is C17H23N3O4. The number of aryl methyl sites for hydroxylation is 2. The molecule has 0 bridgehead atoms. The molecule has 1 aliphatic heterocycles. The summed E-state index contributed by atoms with van der Waals surface area (Å²) in [5.74, 6) is 2.26. The molecule has 24 heavy (non-hydrogen) atoms. The highest BCUT2D eigenvalue weighted by Gasteiger charge is 2.33. The van der Waals surface area contributed by atoms with E-state index < -0.39 is 0 Å². The molecule has 1 saturated heterocycles. The predicted molar refractivity (Wildman–Crippen MR) is 87.7 cm³/mol. The molecule has 0 spiro atoms. The minimum absolute atomic E-state index is 0.0548. The number of ether oxygens (including phenoxy) is 1. The van der Waals surface area contributed by atoms with Crippen LogP contribution in [0.4, 0.5) is 10.5 Å². The molecule has 2 aromatic rings. The fraction of sp³-hybridized carbons (Fsp3) is 0.529. The molecule has 1 aliphatic rings. The Morgan fingerprint density at radius 3 is 3.08 bits per heavy atom. The number of likely N-dealkylation sites (tertiary alicyclic amines) is 1. The molecule has 1 atom stereocenters. The van der Waals surface area contributed by atoms with E-state index in [1.807, 2.05) is 26.0 Å². The molecule has 7 heteroatoms. The van der Waals surface area contributed by atoms with Crippen molar-refractivity contribution in [1.29, 1.82) is 0 Å². The fourth-order valence-electron chi connectivity index (χ4n) is 3.10. The van der Waals surface area contributed by atoms with E-state index in [1.165, 1.54) is 0 Å². The number of anilines is 1. The van der Waals surface area contributed by atoms with Crippen molar-refractivity contribution in [2.45, 2.75) is 45.8 Å². The van der Waals surface area contributed by atoms with Crippen molar-refractivity contribution >= 4 is 11.7 Å². The van der Waals surface area contributed by atoms with E-state index in [4.69, 9.17) is 13.7 Å². The van der Waals surface area contributed by atoms with E-state index in [9.17, 15) is 4.79 Å². The molecule has 3 heterocycles. The smallest absolute Gasteiger partial charge is 0.322 e. The average molecular weight is 333 g/mol. The van der Waals surface area contributed by atoms with Crippen molar-refractivity contribution in [3.63, 3.8) is 0 Å². The Kier molecular flexibility index (Phi) is 4.89. The van der Waals surface area contributed by atoms with Gasteiger partial charge in [-0.15, -0.1) is 0 Å². The number of amides is 2. The van der Waals surface area contributed by atoms with Gasteiger partial charge < -0.3 is 23.9 Å². The third kappa shape index (κ3) is 3.17. The zero-order valence-corrected chi connectivity index (χ0v) is 14.3. The van der Waals surface area contributed by atoms with E-state index in [1.54, 1.807) is 12.0 Å². The molecule has 0 aliphatic carbocycles. The zero-order chi connectivity index (χ0) is 17.1. The summed E-state index contributed by atoms with van der Waals surface area (Å²) in [6.45, 7) is 4.92. The molecule has 1 fully saturated rings. The van der Waals surface area contributed by atoms with E-state index in [-0.39, 0.29) is 12.1 Å². The van der Waals surface area contributed by atoms with Crippen molar-refractivity contribution < 1.29 is 18.5 Å². The Labute approximate surface area is 140 Å². The average Bonchev–Trinajstić information content (AvgIpc) is 3.28. The number of rotatable bonds is 5. The van der Waals surface area contributed by atoms with E-state index in [0.29, 0.717) is 36.7 Å². The minimum Gasteiger partial charge on any atom is -0.461 e. The van der Waals surface area contributed by atoms with Crippen LogP contribution in [-0.4, -0.2) is 29.7 Å². The third-order valence-corrected chi connectivity index (χ3v) is 4.30. The molecular weight excluding hydrogens is 310 g/mol. The first-order valence-corrected chi connectivity index (χ1v) is 8.24. The second-order valence-corrected chi connectivity index (χ2v) is 5.94. The first-order valence-electron chi connectivity index (χ1n) is 8.24. The van der Waals surface area contributed by atoms with Gasteiger partial charge in [-0.3, -0.25) is 0 Å². The minimum atomic E-state index is -0.150. The maximum Gasteiger partial charge on any atom is 0.322 e. The number of nitrogens with zero attached hydrogens (tertiary/aromatic N) is 2. The fourth-order valence-corrected chi connectivity index (χ4v) is 3.10. The number of urea groups is 1. The Morgan fingerprint density at radius 1 is 1.50 bits per heavy atom. The van der Waals surface area contributed by atoms with Crippen molar-refractivity contribution in [2.24, 2.45) is 0 Å². The van der Waals surface area contributed by atoms with Crippen LogP contribution in [0, 0.1) is 6.92 Å². The van der Waals surface area contributed by atoms with E-state index >= 15 is 0 Å². The second kappa shape index (κ2) is 7.09. The summed E-state index contributed by atoms with van der Waals surface area (Å²) in [6, 6.07) is 3.61. The van der Waals surface area contributed by atoms with Gasteiger partial charge >= 0.3 is 6.03 Å². The summed E-state index contributed by atoms with van der Waals surface area (Å²) < 4.78 is 16.1. The summed E-state index contributed by atoms with van der Waals surface area (Å²) in [5, 5.41) is 6.88. The molecule has 1 N–H and O–H groups in total. The Morgan fingerprint density at radius 2 is 2.33 bits per heavy atom. The van der Waals surface area contributed by atoms with Gasteiger partial charge in [-0.1, -0.05) is 12.1 Å². The molecule has 0 aromatic carbocycles. The van der Waals surface area contributed by atoms with Gasteiger partial charge in [0.05, 0.1) is 6.04 Å². The van der Waals surface area contributed by atoms with Crippen LogP contribution in [0.5, 0.6) is 0 Å². The van der Waals surface area contributed by atoms with Crippen LogP contribution in [0.25, 0.3) is 0 Å². The quantitative estimate of drug-likeness (QED) is 0.903. The molecule has 0 unspecified atom stereocenters. The third-order valence-electron chi connectivity index (χ3n) is 4.30. The second-order valence-electron chi connectivity index (χ2n) is 5.94. The first-order chi connectivity index (χ1) is 11.6. The normalized spacial score (nSPS) is 17.5. The summed E-state index contributed by atoms with van der Waals surface area (Å²) in [4.78, 5) is 14.5. The summed E-state index contributed by atoms with van der Waals surface area (Å²) >= 11 is 0. The molecule has 130 valence electrons. The highest BCUT2D eigenvalue weighted by Crippen LogP contribution is 2.34. The lowest BCUT2D eigenvalue weighted by Crippen LogP contribution is -2.34. The number of nitrogens with one attached hydrogen (secondary N) is 1. The lowest BCUT2D eigenvalue weighted by Gasteiger charge is -2.23. The van der Waals surface area contributed by atoms with Crippen LogP contribution in [0.15, 0.2) is 21.1 Å². The predicted octanol–water partition coefficient (Wildman–Crippen LogP) is 3.65. The SMILES string of the molecule is CCc1onc(C)c1NC(=O)N1CCC[C@@H]1c1ccc(COC)o1. The summed E-state index contributed by atoms with van der Waals surface area (Å²) in [7, 11) is 1.63. The van der Waals surface area contributed by atoms with Gasteiger partial charge in [0.1, 0.15) is 29.5 Å². The van der Waals surface area contributed by atoms with Crippen molar-refractivity contribution in [1.82, 2.24) is 10.1 Å². The van der Waals surface area contributed by atoms with Crippen molar-refractivity contribution in [3.8, 4) is 0 Å². The summed E-state index contributed by atoms with van der Waals surface area (Å²) in [5.41, 5.74) is 1.36. The maximum absolute atomic E-state index is 12.7. The summed E-state index contributed by atoms with van der Waals surface area (Å²) in [6.07, 6.45) is 2.51. The van der Waals surface area contributed by atoms with Crippen LogP contribution in [0.2, 0.25) is 0 Å². The van der Waals surface area contributed by atoms with Gasteiger partial charge in [0.15, 0.2) is 5.76 Å². The Hall–Kier alpha value is -2.28. The zero-order valence-electron chi connectivity index (χ0n) is 14.3. The largest absolute Gasteiger partial charge is 0.461 e. The van der Waals surface area contributed by atoms with Gasteiger partial charge in [0, 0.05) is 20.1 Å². The maximum atomic E-state index is 12.7. The van der Waals surface area contributed by atoms with Crippen LogP contribution in [-0.2, 0) is 17.8 Å². The number of aromatic nitrogens is 1. The van der Waals surface area contributed by atoms with Crippen molar-refractivity contribution in [3.05, 3.63) is 35.1 Å². The number of hydrogen-bond donors (Lipinski definition) is 1. The Balaban J connectivity index is 1.74. The molecule has 0 radical (unpaired) electrons. The van der Waals surface area contributed by atoms with Gasteiger partial charge in [-0.25, -0.2) is 4.79 Å². The highest BCUT2D eigenvalue weighted by molar-refractivity contribution is 5.90. The van der Waals surface area contributed by atoms with Gasteiger partial charge in [0.2, 0.25) is 0 Å². The van der Waals surface area contributed by atoms with E-state index in [2.05, 4.69) is 10.5 Å². The Bertz CT molecular complexity index is 707. The molecule has 2 amide bonds. The van der Waals surface area contributed by atoms with E-state index in [0.717, 1.165) is 24.4 Å². The van der Waals surface area contributed by atoms with Crippen LogP contribution in [0.3, 0.4) is 0 Å². The molecule has 2 aromatic heterocycles. The van der Waals surface area contributed by atoms with Crippen LogP contribution < -0.4 is 5.32 Å². The monoisotopic (exact) mass is 333 g/mol. The van der Waals surface area contributed by atoms with Gasteiger partial charge in [-0.2, -0.15) is 0 Å². The number of furan rings is 1. The lowest BCUT2D eigenvalue weighted by atomic mass is 10.2. The molecule has 3 rings (SSSR count). The number of carbonyl (C=O) groups is 1. The van der Waals surface area contributed by atoms with Crippen LogP contribution in [0.1, 0.15) is 48.8 Å². The number of carbonyl (C=O) groups excluding carboxylic acids is 1. The van der Waals surface area contributed by atoms with Crippen LogP contribution >= 0.6 is 0 Å². The molecule has 7 nitrogen and oxygen atoms in total. The lowest BCUT2D eigenvalue weighted by molar-refractivity contribution is 0.157. The number of methoxy groups -OCH3 is 1. The number of hydrogen-bond acceptors (Lipinski definition) is 5. The van der Waals surface area contributed by atoms with Gasteiger partial charge in [0.25, 0.3) is 0 Å². The standard InChI is InChI=1S/C17H23N3O4/c1-4-14-16(11(2)19-24-14)18-17(21)20-9-5-6-13(20)15-8-7-12(23-15)10-22-3/h7-8,13H,4-6,9-10H2,1-3H3,(H,18,21)/t13-/m1/s1. The van der Waals surface area contributed by atoms with Gasteiger partial charge in [-0.05, 0) is 31.9 Å². The van der Waals surface area contributed by atoms with Crippen molar-refractivity contribution in [2.75, 3.05) is 19.0 Å². The highest BCUT2D eigenvalue weighted by atomic mass is 16.5.